The van der Waals surface area contributed by atoms with Gasteiger partial charge in [0.15, 0.2) is 0 Å². The highest BCUT2D eigenvalue weighted by Gasteiger charge is 2.20. The van der Waals surface area contributed by atoms with E-state index in [9.17, 15) is 9.59 Å². The Morgan fingerprint density at radius 1 is 1.12 bits per heavy atom. The molecular weight excluding hydrogens is 212 g/mol. The number of rotatable bonds is 7. The molecule has 6 nitrogen and oxygen atoms in total. The molecule has 0 unspecified atom stereocenters. The minimum Gasteiger partial charge on any atom is -0.383 e. The molecule has 6 heteroatoms. The molecule has 0 aromatic carbocycles. The predicted molar refractivity (Wildman–Crippen MR) is 59.0 cm³/mol. The Hall–Kier alpha value is -1.14. The maximum Gasteiger partial charge on any atom is 0.312 e. The van der Waals surface area contributed by atoms with Crippen molar-refractivity contribution in [2.24, 2.45) is 0 Å². The van der Waals surface area contributed by atoms with Crippen molar-refractivity contribution in [3.05, 3.63) is 0 Å². The molecule has 0 aromatic rings. The van der Waals surface area contributed by atoms with E-state index in [0.29, 0.717) is 32.8 Å². The Morgan fingerprint density at radius 2 is 1.62 bits per heavy atom. The zero-order chi connectivity index (χ0) is 12.4. The summed E-state index contributed by atoms with van der Waals surface area (Å²) in [6.45, 7) is 3.77. The van der Waals surface area contributed by atoms with E-state index in [1.54, 1.807) is 21.1 Å². The lowest BCUT2D eigenvalue weighted by molar-refractivity contribution is -0.146. The van der Waals surface area contributed by atoms with Crippen LogP contribution in [0.1, 0.15) is 6.92 Å². The summed E-state index contributed by atoms with van der Waals surface area (Å²) in [5.74, 6) is -1.13. The largest absolute Gasteiger partial charge is 0.383 e. The fourth-order valence-corrected chi connectivity index (χ4v) is 1.10. The molecule has 0 spiro atoms. The van der Waals surface area contributed by atoms with Gasteiger partial charge in [0.25, 0.3) is 0 Å². The van der Waals surface area contributed by atoms with Crippen molar-refractivity contribution in [2.45, 2.75) is 6.92 Å². The number of carbonyl (C=O) groups excluding carboxylic acids is 2. The summed E-state index contributed by atoms with van der Waals surface area (Å²) in [7, 11) is 3.09. The van der Waals surface area contributed by atoms with Gasteiger partial charge in [0, 0.05) is 33.9 Å². The standard InChI is InChI=1S/C10H20N2O4/c1-4-11-9(13)10(14)12(5-7-15-2)6-8-16-3/h4-8H2,1-3H3,(H,11,13). The number of nitrogens with zero attached hydrogens (tertiary/aromatic N) is 1. The Balaban J connectivity index is 4.23. The van der Waals surface area contributed by atoms with E-state index in [0.717, 1.165) is 0 Å². The third-order valence-corrected chi connectivity index (χ3v) is 1.95. The lowest BCUT2D eigenvalue weighted by Crippen LogP contribution is -2.45. The van der Waals surface area contributed by atoms with Gasteiger partial charge in [-0.05, 0) is 6.92 Å². The normalized spacial score (nSPS) is 9.94. The maximum atomic E-state index is 11.6. The molecular formula is C10H20N2O4. The number of likely N-dealkylation sites (N-methyl/N-ethyl adjacent to an activating group) is 1. The molecule has 0 atom stereocenters. The Labute approximate surface area is 95.9 Å². The van der Waals surface area contributed by atoms with E-state index in [1.807, 2.05) is 0 Å². The van der Waals surface area contributed by atoms with Crippen molar-refractivity contribution in [1.29, 1.82) is 0 Å². The SMILES string of the molecule is CCNC(=O)C(=O)N(CCOC)CCOC. The molecule has 0 aliphatic rings. The van der Waals surface area contributed by atoms with Gasteiger partial charge in [-0.2, -0.15) is 0 Å². The maximum absolute atomic E-state index is 11.6. The summed E-state index contributed by atoms with van der Waals surface area (Å²) in [5, 5.41) is 2.47. The molecule has 2 amide bonds. The van der Waals surface area contributed by atoms with Gasteiger partial charge in [-0.25, -0.2) is 0 Å². The highest BCUT2D eigenvalue weighted by Crippen LogP contribution is 1.91. The van der Waals surface area contributed by atoms with Crippen LogP contribution in [-0.2, 0) is 19.1 Å². The van der Waals surface area contributed by atoms with Crippen LogP contribution in [0.2, 0.25) is 0 Å². The van der Waals surface area contributed by atoms with Gasteiger partial charge in [0.05, 0.1) is 13.2 Å². The molecule has 0 aliphatic carbocycles. The van der Waals surface area contributed by atoms with Gasteiger partial charge in [0.1, 0.15) is 0 Å². The molecule has 0 saturated heterocycles. The third kappa shape index (κ3) is 5.67. The highest BCUT2D eigenvalue weighted by molar-refractivity contribution is 6.34. The summed E-state index contributed by atoms with van der Waals surface area (Å²) in [6.07, 6.45) is 0. The van der Waals surface area contributed by atoms with Crippen molar-refractivity contribution < 1.29 is 19.1 Å². The van der Waals surface area contributed by atoms with Crippen molar-refractivity contribution in [2.75, 3.05) is 47.1 Å². The van der Waals surface area contributed by atoms with Gasteiger partial charge in [-0.3, -0.25) is 9.59 Å². The van der Waals surface area contributed by atoms with Gasteiger partial charge >= 0.3 is 11.8 Å². The Morgan fingerprint density at radius 3 is 2.00 bits per heavy atom. The van der Waals surface area contributed by atoms with E-state index >= 15 is 0 Å². The van der Waals surface area contributed by atoms with Gasteiger partial charge in [-0.15, -0.1) is 0 Å². The number of hydrogen-bond acceptors (Lipinski definition) is 4. The van der Waals surface area contributed by atoms with Crippen LogP contribution in [0.5, 0.6) is 0 Å². The minimum absolute atomic E-state index is 0.385. The summed E-state index contributed by atoms with van der Waals surface area (Å²) in [5.41, 5.74) is 0. The third-order valence-electron chi connectivity index (χ3n) is 1.95. The summed E-state index contributed by atoms with van der Waals surface area (Å²) < 4.78 is 9.75. The number of amides is 2. The molecule has 0 heterocycles. The molecule has 0 radical (unpaired) electrons. The highest BCUT2D eigenvalue weighted by atomic mass is 16.5. The Kier molecular flexibility index (Phi) is 8.46. The first-order valence-electron chi connectivity index (χ1n) is 5.22. The zero-order valence-corrected chi connectivity index (χ0v) is 10.1. The number of ether oxygens (including phenoxy) is 2. The topological polar surface area (TPSA) is 67.9 Å². The first-order chi connectivity index (χ1) is 7.67. The van der Waals surface area contributed by atoms with Crippen LogP contribution in [0, 0.1) is 0 Å². The molecule has 0 bridgehead atoms. The van der Waals surface area contributed by atoms with Gasteiger partial charge in [0.2, 0.25) is 0 Å². The van der Waals surface area contributed by atoms with E-state index < -0.39 is 11.8 Å². The Bertz CT molecular complexity index is 213. The molecule has 94 valence electrons. The number of methoxy groups -OCH3 is 2. The fourth-order valence-electron chi connectivity index (χ4n) is 1.10. The quantitative estimate of drug-likeness (QED) is 0.586. The van der Waals surface area contributed by atoms with E-state index in [-0.39, 0.29) is 0 Å². The second-order valence-corrected chi connectivity index (χ2v) is 3.14. The molecule has 0 aromatic heterocycles. The predicted octanol–water partition coefficient (Wildman–Crippen LogP) is -0.756. The van der Waals surface area contributed by atoms with Crippen molar-refractivity contribution in [3.8, 4) is 0 Å². The van der Waals surface area contributed by atoms with E-state index in [2.05, 4.69) is 5.32 Å². The van der Waals surface area contributed by atoms with Gasteiger partial charge in [-0.1, -0.05) is 0 Å². The number of carbonyl (C=O) groups is 2. The van der Waals surface area contributed by atoms with Crippen molar-refractivity contribution in [3.63, 3.8) is 0 Å². The van der Waals surface area contributed by atoms with E-state index in [4.69, 9.17) is 9.47 Å². The summed E-state index contributed by atoms with van der Waals surface area (Å²) in [6, 6.07) is 0. The van der Waals surface area contributed by atoms with Crippen LogP contribution in [-0.4, -0.2) is 63.8 Å². The first kappa shape index (κ1) is 14.9. The summed E-state index contributed by atoms with van der Waals surface area (Å²) >= 11 is 0. The van der Waals surface area contributed by atoms with Crippen LogP contribution in [0.4, 0.5) is 0 Å². The lowest BCUT2D eigenvalue weighted by Gasteiger charge is -2.21. The van der Waals surface area contributed by atoms with Gasteiger partial charge < -0.3 is 19.7 Å². The fraction of sp³-hybridized carbons (Fsp3) is 0.800. The molecule has 0 aliphatic heterocycles. The second kappa shape index (κ2) is 9.11. The minimum atomic E-state index is -0.588. The molecule has 0 fully saturated rings. The lowest BCUT2D eigenvalue weighted by atomic mass is 10.4. The smallest absolute Gasteiger partial charge is 0.312 e. The van der Waals surface area contributed by atoms with Crippen LogP contribution in [0.3, 0.4) is 0 Å². The van der Waals surface area contributed by atoms with Crippen LogP contribution >= 0.6 is 0 Å². The molecule has 0 rings (SSSR count). The average molecular weight is 232 g/mol. The van der Waals surface area contributed by atoms with Crippen LogP contribution in [0.25, 0.3) is 0 Å². The molecule has 16 heavy (non-hydrogen) atoms. The summed E-state index contributed by atoms with van der Waals surface area (Å²) in [4.78, 5) is 24.4. The molecule has 1 N–H and O–H groups in total. The van der Waals surface area contributed by atoms with Crippen molar-refractivity contribution >= 4 is 11.8 Å². The zero-order valence-electron chi connectivity index (χ0n) is 10.1. The van der Waals surface area contributed by atoms with Crippen LogP contribution in [0.15, 0.2) is 0 Å². The number of nitrogens with one attached hydrogen (secondary N) is 1. The second-order valence-electron chi connectivity index (χ2n) is 3.14. The van der Waals surface area contributed by atoms with Crippen molar-refractivity contribution in [1.82, 2.24) is 10.2 Å². The van der Waals surface area contributed by atoms with Crippen LogP contribution < -0.4 is 5.32 Å². The number of hydrogen-bond donors (Lipinski definition) is 1. The average Bonchev–Trinajstić information content (AvgIpc) is 2.29. The first-order valence-corrected chi connectivity index (χ1v) is 5.22. The monoisotopic (exact) mass is 232 g/mol. The molecule has 0 saturated carbocycles. The van der Waals surface area contributed by atoms with E-state index in [1.165, 1.54) is 4.90 Å².